The molecule has 0 spiro atoms. The second-order valence-electron chi connectivity index (χ2n) is 5.35. The van der Waals surface area contributed by atoms with Gasteiger partial charge in [-0.1, -0.05) is 12.2 Å². The Bertz CT molecular complexity index is 290. The minimum atomic E-state index is -0.391. The molecule has 2 unspecified atom stereocenters. The van der Waals surface area contributed by atoms with Crippen LogP contribution in [0.3, 0.4) is 0 Å². The van der Waals surface area contributed by atoms with E-state index in [0.29, 0.717) is 6.04 Å². The van der Waals surface area contributed by atoms with Gasteiger partial charge in [-0.15, -0.1) is 0 Å². The van der Waals surface area contributed by atoms with E-state index >= 15 is 0 Å². The Labute approximate surface area is 91.1 Å². The summed E-state index contributed by atoms with van der Waals surface area (Å²) in [4.78, 5) is 13.9. The van der Waals surface area contributed by atoms with Crippen molar-refractivity contribution in [3.63, 3.8) is 0 Å². The highest BCUT2D eigenvalue weighted by molar-refractivity contribution is 5.70. The number of fused-ring (bicyclic) bond motifs is 2. The second kappa shape index (κ2) is 3.54. The lowest BCUT2D eigenvalue weighted by Gasteiger charge is -2.33. The van der Waals surface area contributed by atoms with Gasteiger partial charge in [-0.05, 0) is 40.0 Å². The van der Waals surface area contributed by atoms with Gasteiger partial charge in [0.25, 0.3) is 0 Å². The molecule has 3 heteroatoms. The van der Waals surface area contributed by atoms with Gasteiger partial charge >= 0.3 is 6.09 Å². The number of nitrogens with zero attached hydrogens (tertiary/aromatic N) is 1. The van der Waals surface area contributed by atoms with E-state index in [9.17, 15) is 4.79 Å². The summed E-state index contributed by atoms with van der Waals surface area (Å²) in [5.41, 5.74) is -0.391. The molecule has 84 valence electrons. The first-order chi connectivity index (χ1) is 6.97. The number of carbonyl (C=O) groups excluding carboxylic acids is 1. The van der Waals surface area contributed by atoms with Crippen molar-refractivity contribution in [1.29, 1.82) is 0 Å². The van der Waals surface area contributed by atoms with E-state index in [2.05, 4.69) is 12.2 Å². The predicted octanol–water partition coefficient (Wildman–Crippen LogP) is 2.71. The van der Waals surface area contributed by atoms with Crippen LogP contribution in [0.4, 0.5) is 4.79 Å². The standard InChI is InChI=1S/C12H19NO2/c1-12(2,3)15-11(14)13-9-5-4-6-10(13)8-7-9/h4-5,9-10H,6-8H2,1-3H3. The van der Waals surface area contributed by atoms with Crippen LogP contribution < -0.4 is 0 Å². The van der Waals surface area contributed by atoms with Crippen LogP contribution in [0.2, 0.25) is 0 Å². The fourth-order valence-corrected chi connectivity index (χ4v) is 2.32. The van der Waals surface area contributed by atoms with Gasteiger partial charge in [0.05, 0.1) is 6.04 Å². The summed E-state index contributed by atoms with van der Waals surface area (Å²) >= 11 is 0. The molecule has 1 amide bonds. The van der Waals surface area contributed by atoms with Gasteiger partial charge in [0.1, 0.15) is 5.60 Å². The van der Waals surface area contributed by atoms with Crippen molar-refractivity contribution in [1.82, 2.24) is 4.90 Å². The lowest BCUT2D eigenvalue weighted by Crippen LogP contribution is -2.44. The zero-order valence-corrected chi connectivity index (χ0v) is 9.69. The molecule has 0 N–H and O–H groups in total. The van der Waals surface area contributed by atoms with Crippen molar-refractivity contribution in [3.8, 4) is 0 Å². The summed E-state index contributed by atoms with van der Waals surface area (Å²) in [6, 6.07) is 0.647. The molecule has 15 heavy (non-hydrogen) atoms. The van der Waals surface area contributed by atoms with E-state index in [0.717, 1.165) is 19.3 Å². The summed E-state index contributed by atoms with van der Waals surface area (Å²) in [6.07, 6.45) is 7.34. The lowest BCUT2D eigenvalue weighted by atomic mass is 10.1. The zero-order chi connectivity index (χ0) is 11.1. The van der Waals surface area contributed by atoms with Crippen molar-refractivity contribution in [3.05, 3.63) is 12.2 Å². The van der Waals surface area contributed by atoms with Gasteiger partial charge in [0.15, 0.2) is 0 Å². The molecule has 2 heterocycles. The Morgan fingerprint density at radius 3 is 2.73 bits per heavy atom. The predicted molar refractivity (Wildman–Crippen MR) is 58.6 cm³/mol. The van der Waals surface area contributed by atoms with E-state index in [-0.39, 0.29) is 12.1 Å². The maximum Gasteiger partial charge on any atom is 0.411 e. The van der Waals surface area contributed by atoms with E-state index in [1.165, 1.54) is 0 Å². The minimum absolute atomic E-state index is 0.153. The molecule has 0 radical (unpaired) electrons. The van der Waals surface area contributed by atoms with Gasteiger partial charge in [-0.25, -0.2) is 4.79 Å². The van der Waals surface area contributed by atoms with Crippen LogP contribution in [0.5, 0.6) is 0 Å². The van der Waals surface area contributed by atoms with Crippen LogP contribution in [-0.4, -0.2) is 28.7 Å². The van der Waals surface area contributed by atoms with Gasteiger partial charge in [-0.2, -0.15) is 0 Å². The van der Waals surface area contributed by atoms with Crippen molar-refractivity contribution >= 4 is 6.09 Å². The third-order valence-electron chi connectivity index (χ3n) is 2.92. The van der Waals surface area contributed by atoms with Crippen LogP contribution in [-0.2, 0) is 4.74 Å². The van der Waals surface area contributed by atoms with Crippen molar-refractivity contribution in [2.24, 2.45) is 0 Å². The van der Waals surface area contributed by atoms with E-state index in [1.807, 2.05) is 25.7 Å². The molecule has 0 aromatic heterocycles. The van der Waals surface area contributed by atoms with Gasteiger partial charge in [-0.3, -0.25) is 4.90 Å². The summed E-state index contributed by atoms with van der Waals surface area (Å²) in [7, 11) is 0. The number of carbonyl (C=O) groups is 1. The maximum atomic E-state index is 11.9. The molecule has 3 nitrogen and oxygen atoms in total. The molecular weight excluding hydrogens is 190 g/mol. The second-order valence-corrected chi connectivity index (χ2v) is 5.35. The molecule has 2 rings (SSSR count). The summed E-state index contributed by atoms with van der Waals surface area (Å²) in [6.45, 7) is 5.73. The Hall–Kier alpha value is -0.990. The third kappa shape index (κ3) is 2.16. The minimum Gasteiger partial charge on any atom is -0.444 e. The Morgan fingerprint density at radius 1 is 1.40 bits per heavy atom. The Kier molecular flexibility index (Phi) is 2.49. The molecule has 1 saturated heterocycles. The monoisotopic (exact) mass is 209 g/mol. The molecule has 0 aromatic rings. The highest BCUT2D eigenvalue weighted by atomic mass is 16.6. The largest absolute Gasteiger partial charge is 0.444 e. The molecule has 0 aromatic carbocycles. The average molecular weight is 209 g/mol. The SMILES string of the molecule is CC(C)(C)OC(=O)N1C2C=CCC1CC2. The molecule has 2 bridgehead atoms. The summed E-state index contributed by atoms with van der Waals surface area (Å²) in [5, 5.41) is 0. The third-order valence-corrected chi connectivity index (χ3v) is 2.92. The first-order valence-electron chi connectivity index (χ1n) is 5.65. The van der Waals surface area contributed by atoms with Crippen molar-refractivity contribution in [2.45, 2.75) is 57.7 Å². The number of amides is 1. The molecule has 2 aliphatic rings. The lowest BCUT2D eigenvalue weighted by molar-refractivity contribution is 0.0171. The number of rotatable bonds is 0. The van der Waals surface area contributed by atoms with E-state index < -0.39 is 5.60 Å². The molecule has 2 aliphatic heterocycles. The van der Waals surface area contributed by atoms with E-state index in [1.54, 1.807) is 0 Å². The van der Waals surface area contributed by atoms with Crippen LogP contribution in [0.25, 0.3) is 0 Å². The smallest absolute Gasteiger partial charge is 0.411 e. The molecule has 1 fully saturated rings. The average Bonchev–Trinajstić information content (AvgIpc) is 2.34. The summed E-state index contributed by atoms with van der Waals surface area (Å²) < 4.78 is 5.41. The first-order valence-corrected chi connectivity index (χ1v) is 5.65. The van der Waals surface area contributed by atoms with Crippen molar-refractivity contribution < 1.29 is 9.53 Å². The highest BCUT2D eigenvalue weighted by Gasteiger charge is 2.39. The van der Waals surface area contributed by atoms with Crippen LogP contribution in [0.1, 0.15) is 40.0 Å². The number of hydrogen-bond donors (Lipinski definition) is 0. The molecular formula is C12H19NO2. The van der Waals surface area contributed by atoms with Crippen molar-refractivity contribution in [2.75, 3.05) is 0 Å². The molecule has 2 atom stereocenters. The number of hydrogen-bond acceptors (Lipinski definition) is 2. The summed E-state index contributed by atoms with van der Waals surface area (Å²) in [5.74, 6) is 0. The molecule has 0 saturated carbocycles. The van der Waals surface area contributed by atoms with E-state index in [4.69, 9.17) is 4.74 Å². The highest BCUT2D eigenvalue weighted by Crippen LogP contribution is 2.32. The maximum absolute atomic E-state index is 11.9. The topological polar surface area (TPSA) is 29.5 Å². The zero-order valence-electron chi connectivity index (χ0n) is 9.69. The van der Waals surface area contributed by atoms with Crippen LogP contribution in [0, 0.1) is 0 Å². The van der Waals surface area contributed by atoms with Gasteiger partial charge < -0.3 is 4.74 Å². The molecule has 0 aliphatic carbocycles. The van der Waals surface area contributed by atoms with Crippen LogP contribution in [0.15, 0.2) is 12.2 Å². The number of ether oxygens (including phenoxy) is 1. The van der Waals surface area contributed by atoms with Gasteiger partial charge in [0.2, 0.25) is 0 Å². The quantitative estimate of drug-likeness (QED) is 0.574. The fourth-order valence-electron chi connectivity index (χ4n) is 2.32. The normalized spacial score (nSPS) is 29.4. The Balaban J connectivity index is 2.05. The first kappa shape index (κ1) is 10.5. The van der Waals surface area contributed by atoms with Crippen LogP contribution >= 0.6 is 0 Å². The van der Waals surface area contributed by atoms with Gasteiger partial charge in [0, 0.05) is 6.04 Å². The fraction of sp³-hybridized carbons (Fsp3) is 0.750. The Morgan fingerprint density at radius 2 is 2.13 bits per heavy atom.